The van der Waals surface area contributed by atoms with Crippen LogP contribution in [0.4, 0.5) is 0 Å². The molecule has 0 aliphatic carbocycles. The SMILES string of the molecule is CCC(=O)O.Cc1cccc(C)[c]1[BiH2]. The molecule has 1 aromatic rings. The Bertz CT molecular complexity index is 288. The van der Waals surface area contributed by atoms with Crippen molar-refractivity contribution in [3.05, 3.63) is 29.3 Å². The first-order chi connectivity index (χ1) is 6.49. The summed E-state index contributed by atoms with van der Waals surface area (Å²) in [5.74, 6) is -0.745. The van der Waals surface area contributed by atoms with Crippen LogP contribution in [0.2, 0.25) is 0 Å². The minimum absolute atomic E-state index is 0.222. The van der Waals surface area contributed by atoms with Gasteiger partial charge in [-0.1, -0.05) is 6.92 Å². The number of benzene rings is 1. The van der Waals surface area contributed by atoms with Crippen LogP contribution in [0.1, 0.15) is 24.5 Å². The molecule has 0 heterocycles. The van der Waals surface area contributed by atoms with Gasteiger partial charge in [-0.05, 0) is 0 Å². The van der Waals surface area contributed by atoms with Gasteiger partial charge in [0, 0.05) is 6.42 Å². The zero-order valence-electron chi connectivity index (χ0n) is 8.87. The van der Waals surface area contributed by atoms with Gasteiger partial charge in [0.25, 0.3) is 0 Å². The zero-order chi connectivity index (χ0) is 11.1. The molecule has 78 valence electrons. The molecule has 0 saturated heterocycles. The van der Waals surface area contributed by atoms with Crippen molar-refractivity contribution >= 4 is 34.0 Å². The molecule has 0 fully saturated rings. The summed E-state index contributed by atoms with van der Waals surface area (Å²) in [6.45, 7) is 5.97. The van der Waals surface area contributed by atoms with E-state index in [4.69, 9.17) is 5.11 Å². The summed E-state index contributed by atoms with van der Waals surface area (Å²) in [7, 11) is 0. The van der Waals surface area contributed by atoms with Crippen LogP contribution in [0.3, 0.4) is 0 Å². The van der Waals surface area contributed by atoms with Crippen LogP contribution in [-0.2, 0) is 4.79 Å². The molecule has 0 saturated carbocycles. The van der Waals surface area contributed by atoms with Crippen molar-refractivity contribution in [2.24, 2.45) is 0 Å². The van der Waals surface area contributed by atoms with Gasteiger partial charge >= 0.3 is 77.1 Å². The number of carboxylic acids is 1. The molecular formula is C11H17BiO2. The second-order valence-corrected chi connectivity index (χ2v) is 5.30. The average Bonchev–Trinajstić information content (AvgIpc) is 2.15. The van der Waals surface area contributed by atoms with Crippen molar-refractivity contribution in [2.45, 2.75) is 27.2 Å². The normalized spacial score (nSPS) is 8.86. The molecule has 0 bridgehead atoms. The van der Waals surface area contributed by atoms with Crippen molar-refractivity contribution in [1.82, 2.24) is 0 Å². The van der Waals surface area contributed by atoms with E-state index in [2.05, 4.69) is 32.0 Å². The van der Waals surface area contributed by atoms with Gasteiger partial charge in [0.2, 0.25) is 0 Å². The topological polar surface area (TPSA) is 37.3 Å². The van der Waals surface area contributed by atoms with E-state index in [1.807, 2.05) is 0 Å². The van der Waals surface area contributed by atoms with Gasteiger partial charge in [0.1, 0.15) is 0 Å². The van der Waals surface area contributed by atoms with E-state index in [0.29, 0.717) is 0 Å². The number of aryl methyl sites for hydroxylation is 2. The van der Waals surface area contributed by atoms with Crippen LogP contribution in [-0.4, -0.2) is 35.8 Å². The van der Waals surface area contributed by atoms with Gasteiger partial charge in [-0.2, -0.15) is 0 Å². The first-order valence-corrected chi connectivity index (χ1v) is 6.77. The fourth-order valence-corrected chi connectivity index (χ4v) is 1.58. The van der Waals surface area contributed by atoms with Gasteiger partial charge in [-0.15, -0.1) is 0 Å². The molecule has 0 amide bonds. The van der Waals surface area contributed by atoms with Gasteiger partial charge < -0.3 is 5.11 Å². The predicted octanol–water partition coefficient (Wildman–Crippen LogP) is 1.04. The average molecular weight is 390 g/mol. The van der Waals surface area contributed by atoms with Gasteiger partial charge in [0.05, 0.1) is 0 Å². The third-order valence-electron chi connectivity index (χ3n) is 1.84. The van der Waals surface area contributed by atoms with Crippen molar-refractivity contribution in [3.8, 4) is 0 Å². The Labute approximate surface area is 100 Å². The van der Waals surface area contributed by atoms with Crippen LogP contribution < -0.4 is 3.27 Å². The molecule has 0 aliphatic heterocycles. The second kappa shape index (κ2) is 6.94. The van der Waals surface area contributed by atoms with E-state index in [0.717, 1.165) is 24.7 Å². The van der Waals surface area contributed by atoms with Crippen LogP contribution in [0, 0.1) is 13.8 Å². The van der Waals surface area contributed by atoms with Gasteiger partial charge in [-0.3, -0.25) is 4.79 Å². The number of hydrogen-bond acceptors (Lipinski definition) is 1. The summed E-state index contributed by atoms with van der Waals surface area (Å²) < 4.78 is 1.58. The Balaban J connectivity index is 0.000000292. The third-order valence-corrected chi connectivity index (χ3v) is 5.38. The first-order valence-electron chi connectivity index (χ1n) is 4.52. The summed E-state index contributed by atoms with van der Waals surface area (Å²) in [5, 5.41) is 7.72. The Kier molecular flexibility index (Phi) is 6.73. The Morgan fingerprint density at radius 2 is 1.71 bits per heavy atom. The van der Waals surface area contributed by atoms with E-state index >= 15 is 0 Å². The summed E-state index contributed by atoms with van der Waals surface area (Å²) in [5.41, 5.74) is 2.92. The number of aliphatic carboxylic acids is 1. The number of carboxylic acid groups (broad SMARTS) is 1. The molecule has 0 atom stereocenters. The minimum atomic E-state index is -0.745. The molecule has 0 aromatic heterocycles. The standard InChI is InChI=1S/C8H9.C3H6O2.Bi.2H/c1-7-4-3-5-8(2)6-7;1-2-3(4)5;;;/h3-5H,1-2H3;2H2,1H3,(H,4,5);;;. The molecule has 14 heavy (non-hydrogen) atoms. The molecule has 2 nitrogen and oxygen atoms in total. The monoisotopic (exact) mass is 390 g/mol. The van der Waals surface area contributed by atoms with E-state index in [9.17, 15) is 4.79 Å². The molecular weight excluding hydrogens is 373 g/mol. The fraction of sp³-hybridized carbons (Fsp3) is 0.364. The van der Waals surface area contributed by atoms with Crippen LogP contribution in [0.25, 0.3) is 0 Å². The van der Waals surface area contributed by atoms with E-state index in [1.54, 1.807) is 10.2 Å². The summed E-state index contributed by atoms with van der Waals surface area (Å²) in [4.78, 5) is 9.37. The summed E-state index contributed by atoms with van der Waals surface area (Å²) in [6, 6.07) is 6.49. The Hall–Kier alpha value is -0.427. The van der Waals surface area contributed by atoms with Gasteiger partial charge in [-0.25, -0.2) is 0 Å². The van der Waals surface area contributed by atoms with Crippen molar-refractivity contribution < 1.29 is 9.90 Å². The summed E-state index contributed by atoms with van der Waals surface area (Å²) in [6.07, 6.45) is 0.222. The van der Waals surface area contributed by atoms with Crippen molar-refractivity contribution in [3.63, 3.8) is 0 Å². The molecule has 1 aromatic carbocycles. The van der Waals surface area contributed by atoms with Crippen LogP contribution >= 0.6 is 0 Å². The number of hydrogen-bond donors (Lipinski definition) is 1. The zero-order valence-corrected chi connectivity index (χ0v) is 13.4. The Morgan fingerprint density at radius 3 is 1.93 bits per heavy atom. The molecule has 1 rings (SSSR count). The summed E-state index contributed by atoms with van der Waals surface area (Å²) >= 11 is 0.983. The first kappa shape index (κ1) is 13.6. The molecule has 0 aliphatic rings. The van der Waals surface area contributed by atoms with Crippen LogP contribution in [0.15, 0.2) is 18.2 Å². The van der Waals surface area contributed by atoms with Crippen LogP contribution in [0.5, 0.6) is 0 Å². The number of carbonyl (C=O) groups is 1. The number of rotatable bonds is 1. The Morgan fingerprint density at radius 1 is 1.36 bits per heavy atom. The maximum atomic E-state index is 9.37. The molecule has 3 heteroatoms. The third kappa shape index (κ3) is 5.33. The quantitative estimate of drug-likeness (QED) is 0.728. The van der Waals surface area contributed by atoms with E-state index in [-0.39, 0.29) is 6.42 Å². The molecule has 0 radical (unpaired) electrons. The predicted molar refractivity (Wildman–Crippen MR) is 62.0 cm³/mol. The second-order valence-electron chi connectivity index (χ2n) is 3.05. The van der Waals surface area contributed by atoms with Crippen molar-refractivity contribution in [2.75, 3.05) is 0 Å². The fourth-order valence-electron chi connectivity index (χ4n) is 0.827. The van der Waals surface area contributed by atoms with Crippen molar-refractivity contribution in [1.29, 1.82) is 0 Å². The molecule has 0 spiro atoms. The maximum absolute atomic E-state index is 9.37. The van der Waals surface area contributed by atoms with E-state index < -0.39 is 5.97 Å². The van der Waals surface area contributed by atoms with Gasteiger partial charge in [0.15, 0.2) is 0 Å². The van der Waals surface area contributed by atoms with E-state index in [1.165, 1.54) is 11.1 Å². The molecule has 0 unspecified atom stereocenters. The molecule has 1 N–H and O–H groups in total.